The second-order valence-corrected chi connectivity index (χ2v) is 4.46. The van der Waals surface area contributed by atoms with E-state index in [1.54, 1.807) is 29.4 Å². The molecule has 19 heavy (non-hydrogen) atoms. The predicted molar refractivity (Wildman–Crippen MR) is 76.3 cm³/mol. The molecule has 2 aromatic heterocycles. The van der Waals surface area contributed by atoms with E-state index in [1.165, 1.54) is 0 Å². The number of nitrogens with zero attached hydrogens (tertiary/aromatic N) is 2. The van der Waals surface area contributed by atoms with Crippen LogP contribution in [0.3, 0.4) is 0 Å². The van der Waals surface area contributed by atoms with Gasteiger partial charge < -0.3 is 9.88 Å². The first-order valence-electron chi connectivity index (χ1n) is 6.09. The van der Waals surface area contributed by atoms with Crippen molar-refractivity contribution in [3.05, 3.63) is 58.6 Å². The summed E-state index contributed by atoms with van der Waals surface area (Å²) >= 11 is 5.14. The summed E-state index contributed by atoms with van der Waals surface area (Å²) in [7, 11) is 0. The Morgan fingerprint density at radius 2 is 2.21 bits per heavy atom. The number of hydrogen-bond donors (Lipinski definition) is 1. The molecule has 98 valence electrons. The summed E-state index contributed by atoms with van der Waals surface area (Å²) in [6, 6.07) is 9.19. The van der Waals surface area contributed by atoms with Gasteiger partial charge in [0.15, 0.2) is 0 Å². The van der Waals surface area contributed by atoms with Gasteiger partial charge in [-0.15, -0.1) is 0 Å². The van der Waals surface area contributed by atoms with E-state index in [0.717, 1.165) is 5.69 Å². The molecule has 1 amide bonds. The van der Waals surface area contributed by atoms with Crippen LogP contribution in [-0.2, 0) is 6.54 Å². The third-order valence-electron chi connectivity index (χ3n) is 2.80. The first-order valence-corrected chi connectivity index (χ1v) is 6.50. The molecule has 2 heterocycles. The van der Waals surface area contributed by atoms with E-state index in [2.05, 4.69) is 9.97 Å². The summed E-state index contributed by atoms with van der Waals surface area (Å²) in [5, 5.41) is 0. The van der Waals surface area contributed by atoms with Gasteiger partial charge in [0.2, 0.25) is 0 Å². The Morgan fingerprint density at radius 3 is 2.84 bits per heavy atom. The van der Waals surface area contributed by atoms with Crippen molar-refractivity contribution in [2.75, 3.05) is 6.54 Å². The van der Waals surface area contributed by atoms with Crippen LogP contribution in [0.1, 0.15) is 23.0 Å². The molecule has 2 rings (SSSR count). The summed E-state index contributed by atoms with van der Waals surface area (Å²) in [4.78, 5) is 21.2. The fourth-order valence-electron chi connectivity index (χ4n) is 1.77. The lowest BCUT2D eigenvalue weighted by Gasteiger charge is -2.20. The van der Waals surface area contributed by atoms with Crippen molar-refractivity contribution in [3.63, 3.8) is 0 Å². The Balaban J connectivity index is 2.21. The molecular formula is C14H15N3OS. The van der Waals surface area contributed by atoms with Crippen LogP contribution in [0.25, 0.3) is 0 Å². The average Bonchev–Trinajstić information content (AvgIpc) is 2.46. The van der Waals surface area contributed by atoms with Crippen molar-refractivity contribution in [2.24, 2.45) is 0 Å². The number of aromatic nitrogens is 2. The number of carbonyl (C=O) groups excluding carboxylic acids is 1. The highest BCUT2D eigenvalue weighted by Gasteiger charge is 2.16. The normalized spacial score (nSPS) is 10.2. The lowest BCUT2D eigenvalue weighted by molar-refractivity contribution is 0.0749. The Kier molecular flexibility index (Phi) is 4.41. The molecule has 0 spiro atoms. The molecule has 5 heteroatoms. The lowest BCUT2D eigenvalue weighted by Crippen LogP contribution is -2.31. The van der Waals surface area contributed by atoms with Crippen molar-refractivity contribution in [1.82, 2.24) is 14.9 Å². The van der Waals surface area contributed by atoms with Gasteiger partial charge in [0.05, 0.1) is 17.8 Å². The molecule has 0 aliphatic carbocycles. The Hall–Kier alpha value is -2.01. The summed E-state index contributed by atoms with van der Waals surface area (Å²) in [5.41, 5.74) is 1.39. The van der Waals surface area contributed by atoms with Gasteiger partial charge in [-0.05, 0) is 31.2 Å². The fraction of sp³-hybridized carbons (Fsp3) is 0.214. The van der Waals surface area contributed by atoms with Crippen molar-refractivity contribution in [1.29, 1.82) is 0 Å². The van der Waals surface area contributed by atoms with Crippen LogP contribution in [-0.4, -0.2) is 27.3 Å². The van der Waals surface area contributed by atoms with Crippen molar-refractivity contribution >= 4 is 18.1 Å². The maximum Gasteiger partial charge on any atom is 0.257 e. The minimum atomic E-state index is -0.0741. The van der Waals surface area contributed by atoms with Gasteiger partial charge in [0, 0.05) is 18.9 Å². The first kappa shape index (κ1) is 13.4. The third kappa shape index (κ3) is 3.26. The largest absolute Gasteiger partial charge is 0.352 e. The second kappa shape index (κ2) is 6.24. The predicted octanol–water partition coefficient (Wildman–Crippen LogP) is 2.80. The number of aromatic amines is 1. The second-order valence-electron chi connectivity index (χ2n) is 4.05. The zero-order chi connectivity index (χ0) is 13.7. The number of H-pyrrole nitrogens is 1. The molecule has 0 aliphatic rings. The molecule has 0 saturated carbocycles. The van der Waals surface area contributed by atoms with Gasteiger partial charge in [-0.25, -0.2) is 0 Å². The molecule has 0 aliphatic heterocycles. The van der Waals surface area contributed by atoms with Crippen LogP contribution < -0.4 is 0 Å². The van der Waals surface area contributed by atoms with E-state index in [-0.39, 0.29) is 5.91 Å². The van der Waals surface area contributed by atoms with Crippen LogP contribution in [0.15, 0.2) is 42.7 Å². The monoisotopic (exact) mass is 273 g/mol. The summed E-state index contributed by atoms with van der Waals surface area (Å²) in [6.07, 6.45) is 3.44. The SMILES string of the molecule is CCN(Cc1ccccn1)C(=O)c1ccc[nH]c1=S. The van der Waals surface area contributed by atoms with Crippen LogP contribution in [0.4, 0.5) is 0 Å². The molecule has 0 atom stereocenters. The number of amides is 1. The van der Waals surface area contributed by atoms with E-state index in [9.17, 15) is 4.79 Å². The maximum absolute atomic E-state index is 12.4. The van der Waals surface area contributed by atoms with Crippen LogP contribution >= 0.6 is 12.2 Å². The highest BCUT2D eigenvalue weighted by atomic mass is 32.1. The topological polar surface area (TPSA) is 49.0 Å². The van der Waals surface area contributed by atoms with E-state index in [0.29, 0.717) is 23.3 Å². The fourth-order valence-corrected chi connectivity index (χ4v) is 2.00. The molecule has 0 bridgehead atoms. The average molecular weight is 273 g/mol. The quantitative estimate of drug-likeness (QED) is 0.871. The number of nitrogens with one attached hydrogen (secondary N) is 1. The van der Waals surface area contributed by atoms with Crippen molar-refractivity contribution < 1.29 is 4.79 Å². The molecule has 0 aromatic carbocycles. The highest BCUT2D eigenvalue weighted by molar-refractivity contribution is 7.71. The van der Waals surface area contributed by atoms with Gasteiger partial charge in [-0.2, -0.15) is 0 Å². The standard InChI is InChI=1S/C14H15N3OS/c1-2-17(10-11-6-3-4-8-15-11)14(18)12-7-5-9-16-13(12)19/h3-9H,2,10H2,1H3,(H,16,19). The number of rotatable bonds is 4. The van der Waals surface area contributed by atoms with Crippen LogP contribution in [0.2, 0.25) is 0 Å². The number of hydrogen-bond acceptors (Lipinski definition) is 3. The van der Waals surface area contributed by atoms with Gasteiger partial charge in [0.1, 0.15) is 4.64 Å². The van der Waals surface area contributed by atoms with Crippen molar-refractivity contribution in [2.45, 2.75) is 13.5 Å². The zero-order valence-electron chi connectivity index (χ0n) is 10.7. The Bertz CT molecular complexity index is 609. The maximum atomic E-state index is 12.4. The molecule has 4 nitrogen and oxygen atoms in total. The molecule has 0 radical (unpaired) electrons. The van der Waals surface area contributed by atoms with E-state index < -0.39 is 0 Å². The Morgan fingerprint density at radius 1 is 1.37 bits per heavy atom. The third-order valence-corrected chi connectivity index (χ3v) is 3.13. The molecule has 0 unspecified atom stereocenters. The molecule has 0 saturated heterocycles. The number of pyridine rings is 2. The molecule has 1 N–H and O–H groups in total. The zero-order valence-corrected chi connectivity index (χ0v) is 11.5. The number of carbonyl (C=O) groups is 1. The van der Waals surface area contributed by atoms with E-state index in [4.69, 9.17) is 12.2 Å². The van der Waals surface area contributed by atoms with E-state index >= 15 is 0 Å². The van der Waals surface area contributed by atoms with Gasteiger partial charge in [-0.3, -0.25) is 9.78 Å². The molecular weight excluding hydrogens is 258 g/mol. The van der Waals surface area contributed by atoms with Crippen LogP contribution in [0.5, 0.6) is 0 Å². The minimum Gasteiger partial charge on any atom is -0.352 e. The van der Waals surface area contributed by atoms with Gasteiger partial charge >= 0.3 is 0 Å². The first-order chi connectivity index (χ1) is 9.22. The van der Waals surface area contributed by atoms with Crippen molar-refractivity contribution in [3.8, 4) is 0 Å². The van der Waals surface area contributed by atoms with Crippen LogP contribution in [0, 0.1) is 4.64 Å². The lowest BCUT2D eigenvalue weighted by atomic mass is 10.2. The molecule has 2 aromatic rings. The Labute approximate surface area is 117 Å². The summed E-state index contributed by atoms with van der Waals surface area (Å²) in [5.74, 6) is -0.0741. The molecule has 0 fully saturated rings. The highest BCUT2D eigenvalue weighted by Crippen LogP contribution is 2.08. The summed E-state index contributed by atoms with van der Waals surface area (Å²) < 4.78 is 0.465. The minimum absolute atomic E-state index is 0.0741. The van der Waals surface area contributed by atoms with E-state index in [1.807, 2.05) is 25.1 Å². The smallest absolute Gasteiger partial charge is 0.257 e. The van der Waals surface area contributed by atoms with Gasteiger partial charge in [0.25, 0.3) is 5.91 Å². The summed E-state index contributed by atoms with van der Waals surface area (Å²) in [6.45, 7) is 3.04. The van der Waals surface area contributed by atoms with Gasteiger partial charge in [-0.1, -0.05) is 18.3 Å².